The van der Waals surface area contributed by atoms with Gasteiger partial charge in [-0.3, -0.25) is 24.3 Å². The van der Waals surface area contributed by atoms with Crippen LogP contribution in [-0.4, -0.2) is 52.6 Å². The minimum atomic E-state index is -0.685. The van der Waals surface area contributed by atoms with Gasteiger partial charge in [-0.25, -0.2) is 5.06 Å². The van der Waals surface area contributed by atoms with Gasteiger partial charge < -0.3 is 4.74 Å². The Balaban J connectivity index is 1.34. The number of amides is 1. The molecule has 176 valence electrons. The lowest BCUT2D eigenvalue weighted by atomic mass is 9.77. The number of methoxy groups -OCH3 is 1. The SMILES string of the molecule is COC(=O)C1CC(=O)N(OCc2ccccc2)C12CCN(Cc1cccc3ncccc13)CC2. The molecule has 0 aliphatic carbocycles. The molecule has 7 heteroatoms. The molecular weight excluding hydrogens is 430 g/mol. The Morgan fingerprint density at radius 3 is 2.62 bits per heavy atom. The van der Waals surface area contributed by atoms with E-state index in [0.29, 0.717) is 12.8 Å². The van der Waals surface area contributed by atoms with Crippen molar-refractivity contribution in [2.75, 3.05) is 20.2 Å². The number of aromatic nitrogens is 1. The fourth-order valence-electron chi connectivity index (χ4n) is 5.39. The first-order chi connectivity index (χ1) is 16.6. The summed E-state index contributed by atoms with van der Waals surface area (Å²) in [4.78, 5) is 38.6. The molecule has 1 atom stereocenters. The Morgan fingerprint density at radius 2 is 1.85 bits per heavy atom. The van der Waals surface area contributed by atoms with E-state index in [1.54, 1.807) is 0 Å². The fourth-order valence-corrected chi connectivity index (χ4v) is 5.39. The van der Waals surface area contributed by atoms with E-state index in [1.807, 2.05) is 54.7 Å². The highest BCUT2D eigenvalue weighted by Crippen LogP contribution is 2.45. The molecule has 2 saturated heterocycles. The van der Waals surface area contributed by atoms with Crippen LogP contribution in [0.5, 0.6) is 0 Å². The van der Waals surface area contributed by atoms with Crippen LogP contribution in [0.15, 0.2) is 66.9 Å². The zero-order valence-corrected chi connectivity index (χ0v) is 19.4. The predicted octanol–water partition coefficient (Wildman–Crippen LogP) is 3.72. The van der Waals surface area contributed by atoms with Crippen molar-refractivity contribution in [1.82, 2.24) is 14.9 Å². The van der Waals surface area contributed by atoms with Crippen LogP contribution in [0.4, 0.5) is 0 Å². The van der Waals surface area contributed by atoms with Crippen LogP contribution >= 0.6 is 0 Å². The second-order valence-electron chi connectivity index (χ2n) is 9.09. The smallest absolute Gasteiger partial charge is 0.311 e. The van der Waals surface area contributed by atoms with Gasteiger partial charge in [-0.1, -0.05) is 48.5 Å². The molecule has 1 amide bonds. The number of hydrogen-bond donors (Lipinski definition) is 0. The first-order valence-corrected chi connectivity index (χ1v) is 11.7. The summed E-state index contributed by atoms with van der Waals surface area (Å²) in [6.45, 7) is 2.58. The van der Waals surface area contributed by atoms with E-state index in [9.17, 15) is 9.59 Å². The van der Waals surface area contributed by atoms with Crippen molar-refractivity contribution < 1.29 is 19.2 Å². The third-order valence-corrected chi connectivity index (χ3v) is 7.20. The number of benzene rings is 2. The Labute approximate surface area is 199 Å². The Bertz CT molecular complexity index is 1170. The summed E-state index contributed by atoms with van der Waals surface area (Å²) in [5, 5.41) is 2.66. The molecule has 34 heavy (non-hydrogen) atoms. The van der Waals surface area contributed by atoms with Gasteiger partial charge in [0.05, 0.1) is 24.1 Å². The van der Waals surface area contributed by atoms with Gasteiger partial charge >= 0.3 is 5.97 Å². The number of piperidine rings is 1. The maximum Gasteiger partial charge on any atom is 0.311 e. The molecule has 3 aromatic rings. The molecule has 2 aliphatic rings. The van der Waals surface area contributed by atoms with Gasteiger partial charge in [0.15, 0.2) is 0 Å². The molecule has 0 bridgehead atoms. The van der Waals surface area contributed by atoms with Crippen LogP contribution in [0.2, 0.25) is 0 Å². The van der Waals surface area contributed by atoms with Crippen molar-refractivity contribution in [1.29, 1.82) is 0 Å². The second kappa shape index (κ2) is 9.52. The van der Waals surface area contributed by atoms with Crippen molar-refractivity contribution >= 4 is 22.8 Å². The topological polar surface area (TPSA) is 72.0 Å². The van der Waals surface area contributed by atoms with Crippen molar-refractivity contribution in [2.45, 2.75) is 38.0 Å². The van der Waals surface area contributed by atoms with Crippen molar-refractivity contribution in [2.24, 2.45) is 5.92 Å². The van der Waals surface area contributed by atoms with Gasteiger partial charge in [0.1, 0.15) is 6.61 Å². The van der Waals surface area contributed by atoms with Gasteiger partial charge in [0, 0.05) is 37.6 Å². The number of carbonyl (C=O) groups excluding carboxylic acids is 2. The summed E-state index contributed by atoms with van der Waals surface area (Å²) in [5.74, 6) is -1.02. The highest BCUT2D eigenvalue weighted by Gasteiger charge is 2.58. The molecule has 2 aliphatic heterocycles. The Morgan fingerprint density at radius 1 is 1.06 bits per heavy atom. The number of nitrogens with zero attached hydrogens (tertiary/aromatic N) is 3. The van der Waals surface area contributed by atoms with Crippen molar-refractivity contribution in [3.63, 3.8) is 0 Å². The second-order valence-corrected chi connectivity index (χ2v) is 9.09. The minimum Gasteiger partial charge on any atom is -0.469 e. The van der Waals surface area contributed by atoms with Crippen LogP contribution in [0.25, 0.3) is 10.9 Å². The zero-order chi connectivity index (χ0) is 23.5. The normalized spacial score (nSPS) is 20.2. The van der Waals surface area contributed by atoms with E-state index in [0.717, 1.165) is 36.1 Å². The fraction of sp³-hybridized carbons (Fsp3) is 0.370. The molecule has 2 fully saturated rings. The lowest BCUT2D eigenvalue weighted by Crippen LogP contribution is -2.57. The van der Waals surface area contributed by atoms with Crippen LogP contribution in [-0.2, 0) is 32.3 Å². The van der Waals surface area contributed by atoms with E-state index in [-0.39, 0.29) is 24.9 Å². The lowest BCUT2D eigenvalue weighted by Gasteiger charge is -2.45. The number of esters is 1. The van der Waals surface area contributed by atoms with E-state index >= 15 is 0 Å². The highest BCUT2D eigenvalue weighted by molar-refractivity contribution is 5.88. The molecule has 1 aromatic heterocycles. The largest absolute Gasteiger partial charge is 0.469 e. The molecule has 0 saturated carbocycles. The maximum absolute atomic E-state index is 13.0. The lowest BCUT2D eigenvalue weighted by molar-refractivity contribution is -0.229. The Hall–Kier alpha value is -3.29. The highest BCUT2D eigenvalue weighted by atomic mass is 16.7. The molecule has 3 heterocycles. The van der Waals surface area contributed by atoms with Gasteiger partial charge in [-0.2, -0.15) is 0 Å². The summed E-state index contributed by atoms with van der Waals surface area (Å²) in [5.41, 5.74) is 2.51. The quantitative estimate of drug-likeness (QED) is 0.523. The molecule has 1 spiro atoms. The summed E-state index contributed by atoms with van der Waals surface area (Å²) in [7, 11) is 1.39. The van der Waals surface area contributed by atoms with Gasteiger partial charge in [-0.15, -0.1) is 0 Å². The molecule has 7 nitrogen and oxygen atoms in total. The zero-order valence-electron chi connectivity index (χ0n) is 19.4. The summed E-state index contributed by atoms with van der Waals surface area (Å²) in [6.07, 6.45) is 3.23. The van der Waals surface area contributed by atoms with Crippen LogP contribution < -0.4 is 0 Å². The molecular formula is C27H29N3O4. The van der Waals surface area contributed by atoms with Gasteiger partial charge in [0.2, 0.25) is 5.91 Å². The number of ether oxygens (including phenoxy) is 1. The average molecular weight is 460 g/mol. The van der Waals surface area contributed by atoms with Gasteiger partial charge in [-0.05, 0) is 36.1 Å². The maximum atomic E-state index is 13.0. The number of carbonyl (C=O) groups is 2. The number of hydrogen-bond acceptors (Lipinski definition) is 6. The number of rotatable bonds is 6. The van der Waals surface area contributed by atoms with Crippen LogP contribution in [0.3, 0.4) is 0 Å². The van der Waals surface area contributed by atoms with E-state index < -0.39 is 11.5 Å². The third-order valence-electron chi connectivity index (χ3n) is 7.20. The van der Waals surface area contributed by atoms with Crippen molar-refractivity contribution in [3.8, 4) is 0 Å². The monoisotopic (exact) mass is 459 g/mol. The van der Waals surface area contributed by atoms with E-state index in [4.69, 9.17) is 9.57 Å². The molecule has 0 N–H and O–H groups in total. The number of hydroxylamine groups is 2. The summed E-state index contributed by atoms with van der Waals surface area (Å²) < 4.78 is 5.10. The van der Waals surface area contributed by atoms with Crippen LogP contribution in [0.1, 0.15) is 30.4 Å². The summed E-state index contributed by atoms with van der Waals surface area (Å²) in [6, 6.07) is 20.0. The van der Waals surface area contributed by atoms with Gasteiger partial charge in [0.25, 0.3) is 0 Å². The third kappa shape index (κ3) is 4.17. The van der Waals surface area contributed by atoms with Crippen LogP contribution in [0, 0.1) is 5.92 Å². The average Bonchev–Trinajstić information content (AvgIpc) is 3.15. The molecule has 0 radical (unpaired) electrons. The van der Waals surface area contributed by atoms with E-state index in [1.165, 1.54) is 17.7 Å². The van der Waals surface area contributed by atoms with Crippen molar-refractivity contribution in [3.05, 3.63) is 78.0 Å². The molecule has 1 unspecified atom stereocenters. The predicted molar refractivity (Wildman–Crippen MR) is 127 cm³/mol. The minimum absolute atomic E-state index is 0.121. The molecule has 5 rings (SSSR count). The summed E-state index contributed by atoms with van der Waals surface area (Å²) >= 11 is 0. The molecule has 2 aromatic carbocycles. The standard InChI is InChI=1S/C27H29N3O4/c1-33-26(32)23-17-25(31)30(34-19-20-7-3-2-4-8-20)27(23)12-15-29(16-13-27)18-21-9-5-11-24-22(21)10-6-14-28-24/h2-11,14,23H,12-13,15-19H2,1H3. The first-order valence-electron chi connectivity index (χ1n) is 11.7. The first kappa shape index (κ1) is 22.5. The number of likely N-dealkylation sites (tertiary alicyclic amines) is 1. The van der Waals surface area contributed by atoms with E-state index in [2.05, 4.69) is 22.0 Å². The number of pyridine rings is 1. The number of fused-ring (bicyclic) bond motifs is 1. The Kier molecular flexibility index (Phi) is 6.30.